The lowest BCUT2D eigenvalue weighted by Crippen LogP contribution is -2.55. The molecule has 4 rings (SSSR count). The first-order valence-electron chi connectivity index (χ1n) is 14.3. The summed E-state index contributed by atoms with van der Waals surface area (Å²) in [6.07, 6.45) is 0. The molecule has 0 fully saturated rings. The Balaban J connectivity index is 2.11. The first-order chi connectivity index (χ1) is 19.3. The van der Waals surface area contributed by atoms with Crippen LogP contribution in [0.2, 0.25) is 0 Å². The number of hydrogen-bond donors (Lipinski definition) is 4. The van der Waals surface area contributed by atoms with Crippen LogP contribution in [0.3, 0.4) is 0 Å². The van der Waals surface area contributed by atoms with E-state index in [9.17, 15) is 20.4 Å². The second kappa shape index (κ2) is 11.5. The predicted octanol–water partition coefficient (Wildman–Crippen LogP) is 6.81. The minimum Gasteiger partial charge on any atom is -0.395 e. The van der Waals surface area contributed by atoms with Crippen LogP contribution >= 0.6 is 0 Å². The molecule has 0 radical (unpaired) electrons. The first kappa shape index (κ1) is 30.7. The van der Waals surface area contributed by atoms with Gasteiger partial charge >= 0.3 is 0 Å². The van der Waals surface area contributed by atoms with Gasteiger partial charge in [-0.2, -0.15) is 0 Å². The number of aliphatic hydroxyl groups excluding tert-OH is 3. The molecule has 0 aromatic heterocycles. The van der Waals surface area contributed by atoms with Crippen LogP contribution in [0.4, 0.5) is 0 Å². The molecule has 0 saturated carbocycles. The SMILES string of the molecule is CC(C)(C)c1cc(-c2ccccc2)ccc1C(O)(c1ccc(-c2ccccc2)cc1C(C)(C)C)C(CO)(CO)CO. The zero-order chi connectivity index (χ0) is 30.1. The van der Waals surface area contributed by atoms with Gasteiger partial charge in [0.2, 0.25) is 0 Å². The largest absolute Gasteiger partial charge is 0.395 e. The highest BCUT2D eigenvalue weighted by Gasteiger charge is 2.55. The fourth-order valence-electron chi connectivity index (χ4n) is 5.79. The highest BCUT2D eigenvalue weighted by Crippen LogP contribution is 2.51. The van der Waals surface area contributed by atoms with Gasteiger partial charge in [0.05, 0.1) is 25.2 Å². The minimum absolute atomic E-state index is 0.411. The Hall–Kier alpha value is -3.28. The van der Waals surface area contributed by atoms with Gasteiger partial charge in [-0.05, 0) is 55.3 Å². The van der Waals surface area contributed by atoms with Gasteiger partial charge in [0.1, 0.15) is 5.60 Å². The van der Waals surface area contributed by atoms with E-state index in [-0.39, 0.29) is 0 Å². The Bertz CT molecular complexity index is 1350. The normalized spacial score (nSPS) is 12.9. The highest BCUT2D eigenvalue weighted by atomic mass is 16.3. The molecular formula is C37H44O4. The van der Waals surface area contributed by atoms with Crippen molar-refractivity contribution in [3.63, 3.8) is 0 Å². The van der Waals surface area contributed by atoms with Gasteiger partial charge in [0, 0.05) is 0 Å². The summed E-state index contributed by atoms with van der Waals surface area (Å²) in [6.45, 7) is 10.7. The number of benzene rings is 4. The third-order valence-corrected chi connectivity index (χ3v) is 8.32. The molecular weight excluding hydrogens is 508 g/mol. The minimum atomic E-state index is -1.93. The van der Waals surface area contributed by atoms with E-state index in [0.717, 1.165) is 33.4 Å². The molecule has 4 aromatic carbocycles. The summed E-state index contributed by atoms with van der Waals surface area (Å²) in [7, 11) is 0. The van der Waals surface area contributed by atoms with Crippen LogP contribution in [0, 0.1) is 5.41 Å². The molecule has 0 aliphatic carbocycles. The topological polar surface area (TPSA) is 80.9 Å². The Morgan fingerprint density at radius 2 is 0.780 bits per heavy atom. The van der Waals surface area contributed by atoms with E-state index < -0.39 is 41.7 Å². The maximum absolute atomic E-state index is 13.2. The van der Waals surface area contributed by atoms with E-state index in [2.05, 4.69) is 53.7 Å². The van der Waals surface area contributed by atoms with Crippen LogP contribution in [0.15, 0.2) is 97.1 Å². The van der Waals surface area contributed by atoms with Crippen molar-refractivity contribution in [3.8, 4) is 22.3 Å². The van der Waals surface area contributed by atoms with Gasteiger partial charge in [-0.15, -0.1) is 0 Å². The van der Waals surface area contributed by atoms with Crippen molar-refractivity contribution in [1.82, 2.24) is 0 Å². The average Bonchev–Trinajstić information content (AvgIpc) is 2.97. The van der Waals surface area contributed by atoms with E-state index in [0.29, 0.717) is 11.1 Å². The van der Waals surface area contributed by atoms with Gasteiger partial charge in [-0.1, -0.05) is 139 Å². The molecule has 4 heteroatoms. The van der Waals surface area contributed by atoms with Gasteiger partial charge in [-0.3, -0.25) is 0 Å². The second-order valence-electron chi connectivity index (χ2n) is 13.2. The van der Waals surface area contributed by atoms with Crippen molar-refractivity contribution >= 4 is 0 Å². The summed E-state index contributed by atoms with van der Waals surface area (Å²) >= 11 is 0. The van der Waals surface area contributed by atoms with Crippen LogP contribution in [0.5, 0.6) is 0 Å². The van der Waals surface area contributed by atoms with Crippen LogP contribution < -0.4 is 0 Å². The lowest BCUT2D eigenvalue weighted by atomic mass is 9.60. The molecule has 0 heterocycles. The second-order valence-corrected chi connectivity index (χ2v) is 13.2. The lowest BCUT2D eigenvalue weighted by Gasteiger charge is -2.48. The molecule has 4 nitrogen and oxygen atoms in total. The van der Waals surface area contributed by atoms with Gasteiger partial charge in [-0.25, -0.2) is 0 Å². The van der Waals surface area contributed by atoms with E-state index in [1.54, 1.807) is 0 Å². The summed E-state index contributed by atoms with van der Waals surface area (Å²) in [4.78, 5) is 0. The fourth-order valence-corrected chi connectivity index (χ4v) is 5.79. The molecule has 4 N–H and O–H groups in total. The monoisotopic (exact) mass is 552 g/mol. The summed E-state index contributed by atoms with van der Waals surface area (Å²) in [5, 5.41) is 45.6. The van der Waals surface area contributed by atoms with E-state index >= 15 is 0 Å². The predicted molar refractivity (Wildman–Crippen MR) is 168 cm³/mol. The summed E-state index contributed by atoms with van der Waals surface area (Å²) < 4.78 is 0. The zero-order valence-corrected chi connectivity index (χ0v) is 25.1. The Morgan fingerprint density at radius 1 is 0.439 bits per heavy atom. The third kappa shape index (κ3) is 5.62. The Labute approximate surface area is 245 Å². The van der Waals surface area contributed by atoms with Crippen molar-refractivity contribution in [1.29, 1.82) is 0 Å². The van der Waals surface area contributed by atoms with Gasteiger partial charge in [0.25, 0.3) is 0 Å². The van der Waals surface area contributed by atoms with E-state index in [1.165, 1.54) is 0 Å². The quantitative estimate of drug-likeness (QED) is 0.193. The zero-order valence-electron chi connectivity index (χ0n) is 25.1. The molecule has 0 saturated heterocycles. The molecule has 0 unspecified atom stereocenters. The van der Waals surface area contributed by atoms with Crippen molar-refractivity contribution < 1.29 is 20.4 Å². The van der Waals surface area contributed by atoms with Crippen molar-refractivity contribution in [2.24, 2.45) is 5.41 Å². The van der Waals surface area contributed by atoms with Crippen LogP contribution in [-0.4, -0.2) is 40.2 Å². The van der Waals surface area contributed by atoms with Crippen molar-refractivity contribution in [2.75, 3.05) is 19.8 Å². The van der Waals surface area contributed by atoms with Crippen LogP contribution in [0.25, 0.3) is 22.3 Å². The average molecular weight is 553 g/mol. The first-order valence-corrected chi connectivity index (χ1v) is 14.3. The molecule has 0 aliphatic heterocycles. The number of rotatable bonds is 8. The molecule has 0 spiro atoms. The summed E-state index contributed by atoms with van der Waals surface area (Å²) in [5.74, 6) is 0. The van der Waals surface area contributed by atoms with Crippen molar-refractivity contribution in [2.45, 2.75) is 58.0 Å². The maximum Gasteiger partial charge on any atom is 0.127 e. The molecule has 0 aliphatic rings. The van der Waals surface area contributed by atoms with E-state index in [4.69, 9.17) is 0 Å². The van der Waals surface area contributed by atoms with E-state index in [1.807, 2.05) is 84.9 Å². The Morgan fingerprint density at radius 3 is 1.07 bits per heavy atom. The van der Waals surface area contributed by atoms with Crippen molar-refractivity contribution in [3.05, 3.63) is 119 Å². The standard InChI is InChI=1S/C37H44O4/c1-34(2,3)32-21-28(26-13-9-7-10-14-26)17-19-30(32)37(41,36(23-38,24-39)25-40)31-20-18-29(22-33(31)35(4,5)6)27-15-11-8-12-16-27/h7-22,38-41H,23-25H2,1-6H3. The van der Waals surface area contributed by atoms with Crippen LogP contribution in [0.1, 0.15) is 63.8 Å². The molecule has 0 atom stereocenters. The highest BCUT2D eigenvalue weighted by molar-refractivity contribution is 5.69. The summed E-state index contributed by atoms with van der Waals surface area (Å²) in [5.41, 5.74) is 2.52. The Kier molecular flexibility index (Phi) is 8.63. The van der Waals surface area contributed by atoms with Gasteiger partial charge < -0.3 is 20.4 Å². The van der Waals surface area contributed by atoms with Gasteiger partial charge in [0.15, 0.2) is 0 Å². The lowest BCUT2D eigenvalue weighted by molar-refractivity contribution is -0.137. The summed E-state index contributed by atoms with van der Waals surface area (Å²) in [6, 6.07) is 32.0. The van der Waals surface area contributed by atoms with Crippen LogP contribution in [-0.2, 0) is 16.4 Å². The fraction of sp³-hybridized carbons (Fsp3) is 0.351. The molecule has 41 heavy (non-hydrogen) atoms. The number of hydrogen-bond acceptors (Lipinski definition) is 4. The molecule has 0 amide bonds. The number of aliphatic hydroxyl groups is 4. The smallest absolute Gasteiger partial charge is 0.127 e. The third-order valence-electron chi connectivity index (χ3n) is 8.32. The molecule has 216 valence electrons. The maximum atomic E-state index is 13.2. The molecule has 0 bridgehead atoms. The molecule has 4 aromatic rings.